The van der Waals surface area contributed by atoms with Gasteiger partial charge in [0.2, 0.25) is 0 Å². The SMILES string of the molecule is COc1cc2ncnc(-c3cn(C4CCCCO4)nc3-c3ccccc3)c2cc1[N+](=O)[O-]. The Morgan fingerprint density at radius 3 is 2.72 bits per heavy atom. The monoisotopic (exact) mass is 431 g/mol. The van der Waals surface area contributed by atoms with Crippen molar-refractivity contribution in [3.8, 4) is 28.3 Å². The van der Waals surface area contributed by atoms with Gasteiger partial charge in [-0.2, -0.15) is 5.10 Å². The second kappa shape index (κ2) is 8.35. The molecule has 2 aromatic heterocycles. The largest absolute Gasteiger partial charge is 0.490 e. The van der Waals surface area contributed by atoms with Crippen LogP contribution in [-0.2, 0) is 4.74 Å². The number of nitro groups is 1. The van der Waals surface area contributed by atoms with Crippen LogP contribution < -0.4 is 4.74 Å². The highest BCUT2D eigenvalue weighted by Gasteiger charge is 2.24. The van der Waals surface area contributed by atoms with E-state index in [9.17, 15) is 10.1 Å². The first kappa shape index (κ1) is 20.1. The van der Waals surface area contributed by atoms with Crippen LogP contribution in [0.25, 0.3) is 33.4 Å². The zero-order valence-corrected chi connectivity index (χ0v) is 17.5. The summed E-state index contributed by atoms with van der Waals surface area (Å²) in [5.41, 5.74) is 3.41. The van der Waals surface area contributed by atoms with Gasteiger partial charge >= 0.3 is 5.69 Å². The zero-order chi connectivity index (χ0) is 22.1. The number of fused-ring (bicyclic) bond motifs is 1. The second-order valence-corrected chi connectivity index (χ2v) is 7.58. The highest BCUT2D eigenvalue weighted by atomic mass is 16.6. The van der Waals surface area contributed by atoms with Gasteiger partial charge in [-0.15, -0.1) is 0 Å². The van der Waals surface area contributed by atoms with Gasteiger partial charge in [-0.3, -0.25) is 10.1 Å². The summed E-state index contributed by atoms with van der Waals surface area (Å²) >= 11 is 0. The van der Waals surface area contributed by atoms with Crippen molar-refractivity contribution in [2.45, 2.75) is 25.5 Å². The first-order chi connectivity index (χ1) is 15.7. The predicted molar refractivity (Wildman–Crippen MR) is 118 cm³/mol. The average molecular weight is 431 g/mol. The van der Waals surface area contributed by atoms with E-state index < -0.39 is 4.92 Å². The zero-order valence-electron chi connectivity index (χ0n) is 17.5. The highest BCUT2D eigenvalue weighted by Crippen LogP contribution is 2.39. The summed E-state index contributed by atoms with van der Waals surface area (Å²) in [7, 11) is 1.40. The first-order valence-corrected chi connectivity index (χ1v) is 10.4. The lowest BCUT2D eigenvalue weighted by Gasteiger charge is -2.22. The fraction of sp³-hybridized carbons (Fsp3) is 0.261. The molecule has 3 heterocycles. The molecule has 0 radical (unpaired) electrons. The number of aromatic nitrogens is 4. The third kappa shape index (κ3) is 3.56. The molecule has 1 unspecified atom stereocenters. The van der Waals surface area contributed by atoms with Crippen molar-refractivity contribution in [2.75, 3.05) is 13.7 Å². The molecule has 0 saturated carbocycles. The van der Waals surface area contributed by atoms with Gasteiger partial charge in [-0.25, -0.2) is 14.6 Å². The molecule has 1 fully saturated rings. The number of methoxy groups -OCH3 is 1. The molecule has 9 nitrogen and oxygen atoms in total. The average Bonchev–Trinajstić information content (AvgIpc) is 3.29. The van der Waals surface area contributed by atoms with Crippen LogP contribution in [0, 0.1) is 10.1 Å². The lowest BCUT2D eigenvalue weighted by molar-refractivity contribution is -0.385. The van der Waals surface area contributed by atoms with Crippen LogP contribution >= 0.6 is 0 Å². The quantitative estimate of drug-likeness (QED) is 0.331. The molecule has 1 atom stereocenters. The number of ether oxygens (including phenoxy) is 2. The van der Waals surface area contributed by atoms with Crippen molar-refractivity contribution >= 4 is 16.6 Å². The normalized spacial score (nSPS) is 16.2. The van der Waals surface area contributed by atoms with E-state index in [4.69, 9.17) is 14.6 Å². The summed E-state index contributed by atoms with van der Waals surface area (Å²) in [5, 5.41) is 17.0. The highest BCUT2D eigenvalue weighted by molar-refractivity contribution is 5.97. The molecule has 1 aliphatic rings. The number of benzene rings is 2. The van der Waals surface area contributed by atoms with Crippen LogP contribution in [-0.4, -0.2) is 38.4 Å². The molecule has 1 aliphatic heterocycles. The Bertz CT molecular complexity index is 1280. The molecule has 162 valence electrons. The lowest BCUT2D eigenvalue weighted by Crippen LogP contribution is -2.18. The smallest absolute Gasteiger partial charge is 0.311 e. The van der Waals surface area contributed by atoms with Crippen molar-refractivity contribution in [1.82, 2.24) is 19.7 Å². The Balaban J connectivity index is 1.74. The summed E-state index contributed by atoms with van der Waals surface area (Å²) in [6.45, 7) is 0.697. The maximum atomic E-state index is 11.6. The second-order valence-electron chi connectivity index (χ2n) is 7.58. The van der Waals surface area contributed by atoms with Gasteiger partial charge in [0.1, 0.15) is 18.2 Å². The minimum Gasteiger partial charge on any atom is -0.490 e. The molecule has 32 heavy (non-hydrogen) atoms. The van der Waals surface area contributed by atoms with Crippen molar-refractivity contribution < 1.29 is 14.4 Å². The van der Waals surface area contributed by atoms with E-state index in [2.05, 4.69) is 9.97 Å². The summed E-state index contributed by atoms with van der Waals surface area (Å²) in [4.78, 5) is 20.0. The molecule has 0 bridgehead atoms. The molecule has 4 aromatic rings. The van der Waals surface area contributed by atoms with Gasteiger partial charge in [-0.05, 0) is 19.3 Å². The van der Waals surface area contributed by atoms with E-state index in [1.807, 2.05) is 41.2 Å². The van der Waals surface area contributed by atoms with E-state index >= 15 is 0 Å². The fourth-order valence-electron chi connectivity index (χ4n) is 4.05. The maximum Gasteiger partial charge on any atom is 0.311 e. The topological polar surface area (TPSA) is 105 Å². The standard InChI is InChI=1S/C23H21N5O4/c1-31-20-12-18-16(11-19(20)28(29)30)23(25-14-24-18)17-13-27(21-9-5-6-10-32-21)26-22(17)15-7-3-2-4-8-15/h2-4,7-8,11-14,21H,5-6,9-10H2,1H3. The third-order valence-corrected chi connectivity index (χ3v) is 5.62. The maximum absolute atomic E-state index is 11.6. The van der Waals surface area contributed by atoms with Crippen molar-refractivity contribution in [3.63, 3.8) is 0 Å². The molecular weight excluding hydrogens is 410 g/mol. The molecule has 0 amide bonds. The van der Waals surface area contributed by atoms with Gasteiger partial charge in [0, 0.05) is 41.4 Å². The summed E-state index contributed by atoms with van der Waals surface area (Å²) < 4.78 is 13.0. The van der Waals surface area contributed by atoms with E-state index in [0.29, 0.717) is 23.2 Å². The summed E-state index contributed by atoms with van der Waals surface area (Å²) in [6.07, 6.45) is 6.20. The molecule has 2 aromatic carbocycles. The summed E-state index contributed by atoms with van der Waals surface area (Å²) in [6, 6.07) is 12.8. The van der Waals surface area contributed by atoms with Crippen molar-refractivity contribution in [2.24, 2.45) is 0 Å². The fourth-order valence-corrected chi connectivity index (χ4v) is 4.05. The Morgan fingerprint density at radius 1 is 1.16 bits per heavy atom. The van der Waals surface area contributed by atoms with Crippen LogP contribution in [0.1, 0.15) is 25.5 Å². The van der Waals surface area contributed by atoms with Gasteiger partial charge in [0.25, 0.3) is 0 Å². The molecule has 0 aliphatic carbocycles. The summed E-state index contributed by atoms with van der Waals surface area (Å²) in [5.74, 6) is 0.154. The molecule has 0 N–H and O–H groups in total. The van der Waals surface area contributed by atoms with Gasteiger partial charge in [0.15, 0.2) is 5.75 Å². The number of hydrogen-bond acceptors (Lipinski definition) is 7. The van der Waals surface area contributed by atoms with Crippen molar-refractivity contribution in [3.05, 3.63) is 65.1 Å². The van der Waals surface area contributed by atoms with Crippen molar-refractivity contribution in [1.29, 1.82) is 0 Å². The molecule has 5 rings (SSSR count). The van der Waals surface area contributed by atoms with Gasteiger partial charge in [-0.1, -0.05) is 30.3 Å². The minimum atomic E-state index is -0.466. The van der Waals surface area contributed by atoms with Crippen LogP contribution in [0.5, 0.6) is 5.75 Å². The van der Waals surface area contributed by atoms with E-state index in [0.717, 1.165) is 36.1 Å². The van der Waals surface area contributed by atoms with E-state index in [1.54, 1.807) is 6.07 Å². The Labute approximate surface area is 183 Å². The van der Waals surface area contributed by atoms with Gasteiger partial charge < -0.3 is 9.47 Å². The number of nitrogens with zero attached hydrogens (tertiary/aromatic N) is 5. The van der Waals surface area contributed by atoms with Crippen LogP contribution in [0.2, 0.25) is 0 Å². The minimum absolute atomic E-state index is 0.139. The molecular formula is C23H21N5O4. The van der Waals surface area contributed by atoms with Crippen LogP contribution in [0.4, 0.5) is 5.69 Å². The third-order valence-electron chi connectivity index (χ3n) is 5.62. The van der Waals surface area contributed by atoms with Crippen LogP contribution in [0.15, 0.2) is 55.0 Å². The van der Waals surface area contributed by atoms with Gasteiger partial charge in [0.05, 0.1) is 23.2 Å². The lowest BCUT2D eigenvalue weighted by atomic mass is 10.0. The number of hydrogen-bond donors (Lipinski definition) is 0. The molecule has 1 saturated heterocycles. The first-order valence-electron chi connectivity index (χ1n) is 10.4. The predicted octanol–water partition coefficient (Wildman–Crippen LogP) is 4.78. The Morgan fingerprint density at radius 2 is 2.00 bits per heavy atom. The number of rotatable bonds is 5. The number of nitro benzene ring substituents is 1. The Hall–Kier alpha value is -3.85. The molecule has 0 spiro atoms. The van der Waals surface area contributed by atoms with Crippen LogP contribution in [0.3, 0.4) is 0 Å². The molecule has 9 heteroatoms. The van der Waals surface area contributed by atoms with E-state index in [1.165, 1.54) is 19.5 Å². The van der Waals surface area contributed by atoms with E-state index in [-0.39, 0.29) is 17.7 Å². The Kier molecular flexibility index (Phi) is 5.24.